The Balaban J connectivity index is 2.34. The van der Waals surface area contributed by atoms with Crippen LogP contribution in [0.3, 0.4) is 0 Å². The first-order valence-electron chi connectivity index (χ1n) is 6.62. The third kappa shape index (κ3) is 3.19. The molecule has 0 spiro atoms. The normalized spacial score (nSPS) is 23.6. The van der Waals surface area contributed by atoms with Crippen molar-refractivity contribution in [3.63, 3.8) is 0 Å². The lowest BCUT2D eigenvalue weighted by Crippen LogP contribution is -2.42. The molecule has 0 radical (unpaired) electrons. The van der Waals surface area contributed by atoms with Gasteiger partial charge in [0.05, 0.1) is 16.1 Å². The molecule has 112 valence electrons. The van der Waals surface area contributed by atoms with Gasteiger partial charge in [-0.15, -0.1) is 0 Å². The van der Waals surface area contributed by atoms with Crippen LogP contribution in [-0.4, -0.2) is 54.7 Å². The minimum Gasteiger partial charge on any atom is -0.386 e. The van der Waals surface area contributed by atoms with Crippen LogP contribution in [-0.2, 0) is 0 Å². The maximum Gasteiger partial charge on any atom is 0.146 e. The van der Waals surface area contributed by atoms with Gasteiger partial charge in [-0.3, -0.25) is 4.90 Å². The number of aliphatic hydroxyl groups excluding tert-OH is 1. The molecule has 0 amide bonds. The van der Waals surface area contributed by atoms with Crippen LogP contribution in [0.5, 0.6) is 0 Å². The fourth-order valence-corrected chi connectivity index (χ4v) is 3.00. The van der Waals surface area contributed by atoms with Gasteiger partial charge < -0.3 is 10.0 Å². The molecular formula is C14H19BrF2N2O. The highest BCUT2D eigenvalue weighted by molar-refractivity contribution is 9.10. The second-order valence-electron chi connectivity index (χ2n) is 5.37. The molecule has 2 unspecified atom stereocenters. The highest BCUT2D eigenvalue weighted by Gasteiger charge is 2.32. The molecule has 1 aliphatic rings. The van der Waals surface area contributed by atoms with Crippen LogP contribution in [0.4, 0.5) is 8.78 Å². The summed E-state index contributed by atoms with van der Waals surface area (Å²) in [6.45, 7) is 2.28. The molecule has 20 heavy (non-hydrogen) atoms. The predicted molar refractivity (Wildman–Crippen MR) is 77.5 cm³/mol. The summed E-state index contributed by atoms with van der Waals surface area (Å²) in [5.74, 6) is -1.43. The molecule has 3 nitrogen and oxygen atoms in total. The van der Waals surface area contributed by atoms with E-state index in [4.69, 9.17) is 0 Å². The Morgan fingerprint density at radius 1 is 1.30 bits per heavy atom. The van der Waals surface area contributed by atoms with Crippen molar-refractivity contribution in [2.75, 3.05) is 33.7 Å². The molecule has 2 rings (SSSR count). The van der Waals surface area contributed by atoms with Crippen LogP contribution in [0.25, 0.3) is 0 Å². The third-order valence-electron chi connectivity index (χ3n) is 3.86. The molecule has 1 saturated heterocycles. The second-order valence-corrected chi connectivity index (χ2v) is 6.22. The molecule has 1 N–H and O–H groups in total. The number of hydrogen-bond acceptors (Lipinski definition) is 3. The van der Waals surface area contributed by atoms with E-state index >= 15 is 0 Å². The van der Waals surface area contributed by atoms with E-state index in [1.807, 2.05) is 19.0 Å². The monoisotopic (exact) mass is 348 g/mol. The largest absolute Gasteiger partial charge is 0.386 e. The van der Waals surface area contributed by atoms with Crippen molar-refractivity contribution in [3.05, 3.63) is 33.8 Å². The van der Waals surface area contributed by atoms with Gasteiger partial charge in [-0.2, -0.15) is 0 Å². The number of halogens is 3. The summed E-state index contributed by atoms with van der Waals surface area (Å²) in [6.07, 6.45) is -0.224. The van der Waals surface area contributed by atoms with E-state index < -0.39 is 17.7 Å². The molecule has 1 aromatic carbocycles. The van der Waals surface area contributed by atoms with Crippen molar-refractivity contribution in [3.8, 4) is 0 Å². The SMILES string of the molecule is CN1CCCN(C)C(C(O)c2c(F)ccc(Br)c2F)C1. The molecule has 1 heterocycles. The van der Waals surface area contributed by atoms with Gasteiger partial charge in [0.25, 0.3) is 0 Å². The first kappa shape index (κ1) is 15.8. The molecular weight excluding hydrogens is 330 g/mol. The fraction of sp³-hybridized carbons (Fsp3) is 0.571. The molecule has 0 bridgehead atoms. The van der Waals surface area contributed by atoms with Crippen LogP contribution < -0.4 is 0 Å². The Hall–Kier alpha value is -0.560. The molecule has 1 fully saturated rings. The number of benzene rings is 1. The molecule has 2 atom stereocenters. The zero-order valence-corrected chi connectivity index (χ0v) is 13.2. The Morgan fingerprint density at radius 3 is 2.70 bits per heavy atom. The predicted octanol–water partition coefficient (Wildman–Crippen LogP) is 2.40. The van der Waals surface area contributed by atoms with E-state index in [0.717, 1.165) is 19.5 Å². The summed E-state index contributed by atoms with van der Waals surface area (Å²) in [4.78, 5) is 4.04. The molecule has 0 aromatic heterocycles. The topological polar surface area (TPSA) is 26.7 Å². The van der Waals surface area contributed by atoms with Gasteiger partial charge >= 0.3 is 0 Å². The first-order valence-corrected chi connectivity index (χ1v) is 7.41. The lowest BCUT2D eigenvalue weighted by atomic mass is 9.99. The number of nitrogens with zero attached hydrogens (tertiary/aromatic N) is 2. The van der Waals surface area contributed by atoms with E-state index in [2.05, 4.69) is 20.8 Å². The molecule has 6 heteroatoms. The van der Waals surface area contributed by atoms with E-state index in [9.17, 15) is 13.9 Å². The minimum absolute atomic E-state index is 0.164. The Bertz CT molecular complexity index is 486. The first-order chi connectivity index (χ1) is 9.41. The molecule has 1 aliphatic heterocycles. The average molecular weight is 349 g/mol. The Labute approximate surface area is 126 Å². The number of likely N-dealkylation sites (N-methyl/N-ethyl adjacent to an activating group) is 2. The Morgan fingerprint density at radius 2 is 2.00 bits per heavy atom. The summed E-state index contributed by atoms with van der Waals surface area (Å²) < 4.78 is 28.2. The second kappa shape index (κ2) is 6.47. The Kier molecular flexibility index (Phi) is 5.12. The molecule has 0 saturated carbocycles. The maximum absolute atomic E-state index is 14.1. The van der Waals surface area contributed by atoms with Crippen LogP contribution in [0, 0.1) is 11.6 Å². The van der Waals surface area contributed by atoms with Crippen molar-refractivity contribution in [2.24, 2.45) is 0 Å². The van der Waals surface area contributed by atoms with Crippen LogP contribution in [0.1, 0.15) is 18.1 Å². The lowest BCUT2D eigenvalue weighted by molar-refractivity contribution is 0.0520. The zero-order chi connectivity index (χ0) is 14.9. The summed E-state index contributed by atoms with van der Waals surface area (Å²) in [5.41, 5.74) is -0.258. The summed E-state index contributed by atoms with van der Waals surface area (Å²) >= 11 is 3.04. The van der Waals surface area contributed by atoms with Crippen molar-refractivity contribution in [1.82, 2.24) is 9.80 Å². The number of rotatable bonds is 2. The fourth-order valence-electron chi connectivity index (χ4n) is 2.65. The van der Waals surface area contributed by atoms with Gasteiger partial charge in [0.2, 0.25) is 0 Å². The summed E-state index contributed by atoms with van der Waals surface area (Å²) in [7, 11) is 3.83. The van der Waals surface area contributed by atoms with Crippen molar-refractivity contribution in [1.29, 1.82) is 0 Å². The van der Waals surface area contributed by atoms with Crippen LogP contribution in [0.2, 0.25) is 0 Å². The highest BCUT2D eigenvalue weighted by Crippen LogP contribution is 2.30. The standard InChI is InChI=1S/C14H19BrF2N2O/c1-18-6-3-7-19(2)11(8-18)14(20)12-10(16)5-4-9(15)13(12)17/h4-5,11,14,20H,3,6-8H2,1-2H3. The van der Waals surface area contributed by atoms with Crippen molar-refractivity contribution < 1.29 is 13.9 Å². The van der Waals surface area contributed by atoms with E-state index in [1.54, 1.807) is 0 Å². The number of hydrogen-bond donors (Lipinski definition) is 1. The third-order valence-corrected chi connectivity index (χ3v) is 4.47. The van der Waals surface area contributed by atoms with Gasteiger partial charge in [0.1, 0.15) is 17.7 Å². The van der Waals surface area contributed by atoms with E-state index in [-0.39, 0.29) is 16.1 Å². The lowest BCUT2D eigenvalue weighted by Gasteiger charge is -2.32. The minimum atomic E-state index is -1.20. The average Bonchev–Trinajstić information content (AvgIpc) is 2.56. The molecule has 1 aromatic rings. The van der Waals surface area contributed by atoms with Gasteiger partial charge in [-0.25, -0.2) is 8.78 Å². The van der Waals surface area contributed by atoms with Crippen molar-refractivity contribution >= 4 is 15.9 Å². The highest BCUT2D eigenvalue weighted by atomic mass is 79.9. The van der Waals surface area contributed by atoms with E-state index in [1.165, 1.54) is 12.1 Å². The zero-order valence-electron chi connectivity index (χ0n) is 11.6. The summed E-state index contributed by atoms with van der Waals surface area (Å²) in [5, 5.41) is 10.5. The van der Waals surface area contributed by atoms with E-state index in [0.29, 0.717) is 6.54 Å². The van der Waals surface area contributed by atoms with Gasteiger partial charge in [0, 0.05) is 6.54 Å². The maximum atomic E-state index is 14.1. The van der Waals surface area contributed by atoms with Crippen LogP contribution in [0.15, 0.2) is 16.6 Å². The smallest absolute Gasteiger partial charge is 0.146 e. The van der Waals surface area contributed by atoms with Crippen molar-refractivity contribution in [2.45, 2.75) is 18.6 Å². The van der Waals surface area contributed by atoms with Crippen LogP contribution >= 0.6 is 15.9 Å². The van der Waals surface area contributed by atoms with Gasteiger partial charge in [-0.05, 0) is 61.7 Å². The quantitative estimate of drug-likeness (QED) is 0.831. The number of aliphatic hydroxyl groups is 1. The summed E-state index contributed by atoms with van der Waals surface area (Å²) in [6, 6.07) is 2.15. The van der Waals surface area contributed by atoms with Gasteiger partial charge in [-0.1, -0.05) is 0 Å². The van der Waals surface area contributed by atoms with Gasteiger partial charge in [0.15, 0.2) is 0 Å². The molecule has 0 aliphatic carbocycles.